The minimum absolute atomic E-state index is 0.230. The highest BCUT2D eigenvalue weighted by Crippen LogP contribution is 2.28. The predicted octanol–water partition coefficient (Wildman–Crippen LogP) is 4.94. The van der Waals surface area contributed by atoms with Crippen LogP contribution in [-0.4, -0.2) is 17.3 Å². The molecule has 0 aliphatic carbocycles. The number of nitrogens with zero attached hydrogens (tertiary/aromatic N) is 2. The highest BCUT2D eigenvalue weighted by molar-refractivity contribution is 9.10. The van der Waals surface area contributed by atoms with E-state index in [-0.39, 0.29) is 11.6 Å². The van der Waals surface area contributed by atoms with Gasteiger partial charge in [-0.3, -0.25) is 0 Å². The molecule has 23 heavy (non-hydrogen) atoms. The maximum atomic E-state index is 13.6. The lowest BCUT2D eigenvalue weighted by Crippen LogP contribution is -1.90. The lowest BCUT2D eigenvalue weighted by atomic mass is 10.2. The van der Waals surface area contributed by atoms with E-state index in [0.717, 1.165) is 15.6 Å². The van der Waals surface area contributed by atoms with Crippen molar-refractivity contribution in [3.63, 3.8) is 0 Å². The fraction of sp³-hybridized carbons (Fsp3) is 0.125. The lowest BCUT2D eigenvalue weighted by Gasteiger charge is -2.03. The van der Waals surface area contributed by atoms with E-state index in [0.29, 0.717) is 16.9 Å². The van der Waals surface area contributed by atoms with Gasteiger partial charge in [0.2, 0.25) is 5.89 Å². The van der Waals surface area contributed by atoms with Gasteiger partial charge in [-0.05, 0) is 35.9 Å². The SMILES string of the molecule is COc1ccc(CSc2nnc(-c3cccc(Br)c3)o2)cc1F. The van der Waals surface area contributed by atoms with Crippen LogP contribution < -0.4 is 4.74 Å². The molecule has 0 atom stereocenters. The number of ether oxygens (including phenoxy) is 1. The highest BCUT2D eigenvalue weighted by Gasteiger charge is 2.10. The molecule has 4 nitrogen and oxygen atoms in total. The van der Waals surface area contributed by atoms with Gasteiger partial charge in [-0.15, -0.1) is 10.2 Å². The van der Waals surface area contributed by atoms with Gasteiger partial charge in [0.15, 0.2) is 11.6 Å². The van der Waals surface area contributed by atoms with Crippen molar-refractivity contribution in [2.45, 2.75) is 11.0 Å². The monoisotopic (exact) mass is 394 g/mol. The van der Waals surface area contributed by atoms with Crippen LogP contribution in [0.3, 0.4) is 0 Å². The van der Waals surface area contributed by atoms with E-state index < -0.39 is 0 Å². The zero-order valence-corrected chi connectivity index (χ0v) is 14.5. The van der Waals surface area contributed by atoms with Gasteiger partial charge in [-0.1, -0.05) is 39.8 Å². The van der Waals surface area contributed by atoms with Gasteiger partial charge >= 0.3 is 0 Å². The second-order valence-corrected chi connectivity index (χ2v) is 6.48. The van der Waals surface area contributed by atoms with E-state index in [1.807, 2.05) is 24.3 Å². The third kappa shape index (κ3) is 3.92. The summed E-state index contributed by atoms with van der Waals surface area (Å²) in [5, 5.41) is 8.48. The molecule has 0 aliphatic heterocycles. The van der Waals surface area contributed by atoms with Gasteiger partial charge in [0.05, 0.1) is 7.11 Å². The molecule has 118 valence electrons. The number of aromatic nitrogens is 2. The maximum Gasteiger partial charge on any atom is 0.277 e. The molecule has 7 heteroatoms. The van der Waals surface area contributed by atoms with Crippen LogP contribution in [0.1, 0.15) is 5.56 Å². The lowest BCUT2D eigenvalue weighted by molar-refractivity contribution is 0.386. The summed E-state index contributed by atoms with van der Waals surface area (Å²) >= 11 is 4.76. The Morgan fingerprint density at radius 2 is 2.09 bits per heavy atom. The van der Waals surface area contributed by atoms with E-state index >= 15 is 0 Å². The molecular weight excluding hydrogens is 383 g/mol. The minimum atomic E-state index is -0.383. The largest absolute Gasteiger partial charge is 0.494 e. The van der Waals surface area contributed by atoms with Crippen molar-refractivity contribution in [2.75, 3.05) is 7.11 Å². The average molecular weight is 395 g/mol. The van der Waals surface area contributed by atoms with Crippen LogP contribution in [0.2, 0.25) is 0 Å². The first-order chi connectivity index (χ1) is 11.2. The first-order valence-corrected chi connectivity index (χ1v) is 8.48. The van der Waals surface area contributed by atoms with E-state index in [1.165, 1.54) is 24.9 Å². The summed E-state index contributed by atoms with van der Waals surface area (Å²) in [5.74, 6) is 0.829. The number of methoxy groups -OCH3 is 1. The molecule has 0 saturated heterocycles. The van der Waals surface area contributed by atoms with E-state index in [2.05, 4.69) is 26.1 Å². The van der Waals surface area contributed by atoms with Gasteiger partial charge in [0, 0.05) is 15.8 Å². The average Bonchev–Trinajstić information content (AvgIpc) is 3.02. The van der Waals surface area contributed by atoms with Crippen molar-refractivity contribution >= 4 is 27.7 Å². The second-order valence-electron chi connectivity index (χ2n) is 4.64. The van der Waals surface area contributed by atoms with E-state index in [4.69, 9.17) is 9.15 Å². The Bertz CT molecular complexity index is 825. The predicted molar refractivity (Wildman–Crippen MR) is 89.9 cm³/mol. The van der Waals surface area contributed by atoms with Crippen molar-refractivity contribution in [3.8, 4) is 17.2 Å². The molecule has 0 saturated carbocycles. The van der Waals surface area contributed by atoms with Gasteiger partial charge in [0.1, 0.15) is 0 Å². The third-order valence-corrected chi connectivity index (χ3v) is 4.44. The Hall–Kier alpha value is -1.86. The van der Waals surface area contributed by atoms with Crippen molar-refractivity contribution in [3.05, 3.63) is 58.3 Å². The maximum absolute atomic E-state index is 13.6. The topological polar surface area (TPSA) is 48.2 Å². The Balaban J connectivity index is 1.69. The second kappa shape index (κ2) is 7.14. The normalized spacial score (nSPS) is 10.7. The summed E-state index contributed by atoms with van der Waals surface area (Å²) in [7, 11) is 1.44. The number of hydrogen-bond acceptors (Lipinski definition) is 5. The van der Waals surface area contributed by atoms with Gasteiger partial charge in [-0.25, -0.2) is 4.39 Å². The van der Waals surface area contributed by atoms with Crippen LogP contribution >= 0.6 is 27.7 Å². The minimum Gasteiger partial charge on any atom is -0.494 e. The molecule has 3 rings (SSSR count). The molecule has 0 unspecified atom stereocenters. The van der Waals surface area contributed by atoms with Gasteiger partial charge < -0.3 is 9.15 Å². The number of rotatable bonds is 5. The summed E-state index contributed by atoms with van der Waals surface area (Å²) < 4.78 is 25.1. The molecule has 0 N–H and O–H groups in total. The molecule has 3 aromatic rings. The fourth-order valence-corrected chi connectivity index (χ4v) is 3.06. The first kappa shape index (κ1) is 16.0. The van der Waals surface area contributed by atoms with Crippen LogP contribution in [0.4, 0.5) is 4.39 Å². The van der Waals surface area contributed by atoms with Crippen LogP contribution in [0, 0.1) is 5.82 Å². The quantitative estimate of drug-likeness (QED) is 0.573. The summed E-state index contributed by atoms with van der Waals surface area (Å²) in [6.45, 7) is 0. The molecule has 0 bridgehead atoms. The summed E-state index contributed by atoms with van der Waals surface area (Å²) in [6.07, 6.45) is 0. The zero-order chi connectivity index (χ0) is 16.2. The van der Waals surface area contributed by atoms with Crippen LogP contribution in [0.25, 0.3) is 11.5 Å². The summed E-state index contributed by atoms with van der Waals surface area (Å²) in [4.78, 5) is 0. The molecular formula is C16H12BrFN2O2S. The first-order valence-electron chi connectivity index (χ1n) is 6.70. The van der Waals surface area contributed by atoms with Crippen molar-refractivity contribution in [1.29, 1.82) is 0 Å². The number of benzene rings is 2. The zero-order valence-electron chi connectivity index (χ0n) is 12.1. The van der Waals surface area contributed by atoms with Crippen LogP contribution in [0.15, 0.2) is 56.6 Å². The van der Waals surface area contributed by atoms with Crippen molar-refractivity contribution in [2.24, 2.45) is 0 Å². The highest BCUT2D eigenvalue weighted by atomic mass is 79.9. The number of halogens is 2. The molecule has 0 aliphatic rings. The third-order valence-electron chi connectivity index (χ3n) is 3.06. The standard InChI is InChI=1S/C16H12BrFN2O2S/c1-21-14-6-5-10(7-13(14)18)9-23-16-20-19-15(22-16)11-3-2-4-12(17)8-11/h2-8H,9H2,1H3. The Morgan fingerprint density at radius 3 is 2.83 bits per heavy atom. The molecule has 0 amide bonds. The molecule has 2 aromatic carbocycles. The molecule has 0 radical (unpaired) electrons. The summed E-state index contributed by atoms with van der Waals surface area (Å²) in [5.41, 5.74) is 1.66. The Labute approximate surface area is 145 Å². The van der Waals surface area contributed by atoms with Crippen molar-refractivity contribution in [1.82, 2.24) is 10.2 Å². The number of hydrogen-bond donors (Lipinski definition) is 0. The molecule has 1 aromatic heterocycles. The van der Waals surface area contributed by atoms with Crippen LogP contribution in [0.5, 0.6) is 5.75 Å². The molecule has 0 spiro atoms. The van der Waals surface area contributed by atoms with E-state index in [1.54, 1.807) is 12.1 Å². The Kier molecular flexibility index (Phi) is 4.97. The van der Waals surface area contributed by atoms with Crippen molar-refractivity contribution < 1.29 is 13.5 Å². The fourth-order valence-electron chi connectivity index (χ4n) is 1.95. The van der Waals surface area contributed by atoms with E-state index in [9.17, 15) is 4.39 Å². The van der Waals surface area contributed by atoms with Crippen LogP contribution in [-0.2, 0) is 5.75 Å². The van der Waals surface area contributed by atoms with Gasteiger partial charge in [0.25, 0.3) is 5.22 Å². The molecule has 1 heterocycles. The summed E-state index contributed by atoms with van der Waals surface area (Å²) in [6, 6.07) is 12.5. The van der Waals surface area contributed by atoms with Gasteiger partial charge in [-0.2, -0.15) is 0 Å². The Morgan fingerprint density at radius 1 is 1.22 bits per heavy atom. The molecule has 0 fully saturated rings. The number of thioether (sulfide) groups is 1. The smallest absolute Gasteiger partial charge is 0.277 e.